The van der Waals surface area contributed by atoms with E-state index in [4.69, 9.17) is 10.8 Å². The normalized spacial score (nSPS) is 10.4. The maximum Gasteiger partial charge on any atom is 0.307 e. The highest BCUT2D eigenvalue weighted by molar-refractivity contribution is 5.75. The van der Waals surface area contributed by atoms with E-state index in [-0.39, 0.29) is 23.4 Å². The van der Waals surface area contributed by atoms with Crippen LogP contribution in [0, 0.1) is 11.6 Å². The van der Waals surface area contributed by atoms with Gasteiger partial charge in [0.15, 0.2) is 11.6 Å². The van der Waals surface area contributed by atoms with Crippen molar-refractivity contribution in [2.45, 2.75) is 6.42 Å². The second-order valence-corrected chi connectivity index (χ2v) is 3.95. The van der Waals surface area contributed by atoms with Gasteiger partial charge in [0.25, 0.3) is 0 Å². The molecule has 1 heterocycles. The summed E-state index contributed by atoms with van der Waals surface area (Å²) >= 11 is 0. The van der Waals surface area contributed by atoms with Crippen molar-refractivity contribution >= 4 is 11.7 Å². The molecule has 0 saturated carbocycles. The molecule has 0 unspecified atom stereocenters. The molecule has 0 saturated heterocycles. The Hall–Kier alpha value is -2.50. The van der Waals surface area contributed by atoms with Crippen LogP contribution in [-0.2, 0) is 11.2 Å². The number of aliphatic carboxylic acids is 1. The summed E-state index contributed by atoms with van der Waals surface area (Å²) in [4.78, 5) is 14.5. The van der Waals surface area contributed by atoms with Crippen molar-refractivity contribution < 1.29 is 18.7 Å². The summed E-state index contributed by atoms with van der Waals surface area (Å²) in [5, 5.41) is 8.65. The number of nitrogen functional groups attached to an aromatic ring is 1. The minimum Gasteiger partial charge on any atom is -0.481 e. The zero-order chi connectivity index (χ0) is 14.0. The predicted molar refractivity (Wildman–Crippen MR) is 65.3 cm³/mol. The van der Waals surface area contributed by atoms with Crippen LogP contribution in [0.5, 0.6) is 0 Å². The SMILES string of the molecule is Nc1cc(CC(=O)O)cnc1-c1cccc(F)c1F. The van der Waals surface area contributed by atoms with Crippen molar-refractivity contribution in [2.24, 2.45) is 0 Å². The number of anilines is 1. The van der Waals surface area contributed by atoms with Gasteiger partial charge in [0.1, 0.15) is 0 Å². The molecule has 2 rings (SSSR count). The Balaban J connectivity index is 2.46. The molecule has 1 aromatic heterocycles. The van der Waals surface area contributed by atoms with Gasteiger partial charge in [-0.1, -0.05) is 6.07 Å². The Kier molecular flexibility index (Phi) is 3.41. The first-order chi connectivity index (χ1) is 8.99. The molecular formula is C13H10F2N2O2. The predicted octanol–water partition coefficient (Wildman–Crippen LogP) is 2.24. The van der Waals surface area contributed by atoms with Crippen molar-refractivity contribution in [3.05, 3.63) is 47.7 Å². The quantitative estimate of drug-likeness (QED) is 0.891. The number of benzene rings is 1. The van der Waals surface area contributed by atoms with E-state index in [0.29, 0.717) is 5.56 Å². The highest BCUT2D eigenvalue weighted by Gasteiger charge is 2.14. The third kappa shape index (κ3) is 2.67. The molecule has 0 aliphatic heterocycles. The molecule has 3 N–H and O–H groups in total. The maximum atomic E-state index is 13.6. The molecule has 0 atom stereocenters. The number of nitrogens with two attached hydrogens (primary N) is 1. The van der Waals surface area contributed by atoms with Crippen LogP contribution in [0.2, 0.25) is 0 Å². The fourth-order valence-corrected chi connectivity index (χ4v) is 1.71. The fourth-order valence-electron chi connectivity index (χ4n) is 1.71. The first kappa shape index (κ1) is 12.9. The highest BCUT2D eigenvalue weighted by atomic mass is 19.2. The second kappa shape index (κ2) is 5.01. The molecule has 6 heteroatoms. The fraction of sp³-hybridized carbons (Fsp3) is 0.0769. The van der Waals surface area contributed by atoms with Crippen LogP contribution in [0.25, 0.3) is 11.3 Å². The number of nitrogens with zero attached hydrogens (tertiary/aromatic N) is 1. The summed E-state index contributed by atoms with van der Waals surface area (Å²) in [7, 11) is 0. The van der Waals surface area contributed by atoms with Gasteiger partial charge in [-0.2, -0.15) is 0 Å². The van der Waals surface area contributed by atoms with Crippen LogP contribution in [0.1, 0.15) is 5.56 Å². The number of rotatable bonds is 3. The highest BCUT2D eigenvalue weighted by Crippen LogP contribution is 2.27. The number of pyridine rings is 1. The zero-order valence-electron chi connectivity index (χ0n) is 9.73. The lowest BCUT2D eigenvalue weighted by atomic mass is 10.1. The van der Waals surface area contributed by atoms with E-state index in [2.05, 4.69) is 4.98 Å². The molecule has 98 valence electrons. The first-order valence-corrected chi connectivity index (χ1v) is 5.39. The summed E-state index contributed by atoms with van der Waals surface area (Å²) < 4.78 is 26.7. The average Bonchev–Trinajstić information content (AvgIpc) is 2.33. The van der Waals surface area contributed by atoms with Crippen LogP contribution in [0.3, 0.4) is 0 Å². The van der Waals surface area contributed by atoms with Crippen molar-refractivity contribution in [3.63, 3.8) is 0 Å². The summed E-state index contributed by atoms with van der Waals surface area (Å²) in [5.74, 6) is -3.05. The van der Waals surface area contributed by atoms with Crippen molar-refractivity contribution in [1.82, 2.24) is 4.98 Å². The number of hydrogen-bond donors (Lipinski definition) is 2. The summed E-state index contributed by atoms with van der Waals surface area (Å²) in [6.45, 7) is 0. The van der Waals surface area contributed by atoms with Crippen molar-refractivity contribution in [1.29, 1.82) is 0 Å². The second-order valence-electron chi connectivity index (χ2n) is 3.95. The van der Waals surface area contributed by atoms with E-state index < -0.39 is 17.6 Å². The summed E-state index contributed by atoms with van der Waals surface area (Å²) in [5.41, 5.74) is 6.23. The van der Waals surface area contributed by atoms with Gasteiger partial charge in [-0.25, -0.2) is 8.78 Å². The van der Waals surface area contributed by atoms with E-state index >= 15 is 0 Å². The van der Waals surface area contributed by atoms with Gasteiger partial charge >= 0.3 is 5.97 Å². The van der Waals surface area contributed by atoms with Gasteiger partial charge in [0.2, 0.25) is 0 Å². The molecule has 2 aromatic rings. The molecule has 0 bridgehead atoms. The van der Waals surface area contributed by atoms with Crippen molar-refractivity contribution in [2.75, 3.05) is 5.73 Å². The Bertz CT molecular complexity index is 645. The third-order valence-corrected chi connectivity index (χ3v) is 2.54. The Labute approximate surface area is 107 Å². The van der Waals surface area contributed by atoms with Gasteiger partial charge in [-0.3, -0.25) is 9.78 Å². The van der Waals surface area contributed by atoms with Crippen molar-refractivity contribution in [3.8, 4) is 11.3 Å². The number of hydrogen-bond acceptors (Lipinski definition) is 3. The maximum absolute atomic E-state index is 13.6. The van der Waals surface area contributed by atoms with Gasteiger partial charge in [0, 0.05) is 11.8 Å². The summed E-state index contributed by atoms with van der Waals surface area (Å²) in [6, 6.07) is 5.09. The Morgan fingerprint density at radius 3 is 2.74 bits per heavy atom. The standard InChI is InChI=1S/C13H10F2N2O2/c14-9-3-1-2-8(12(9)15)13-10(16)4-7(6-17-13)5-11(18)19/h1-4,6H,5,16H2,(H,18,19). The van der Waals surface area contributed by atoms with E-state index in [1.54, 1.807) is 0 Å². The Morgan fingerprint density at radius 1 is 1.37 bits per heavy atom. The molecule has 0 aliphatic rings. The third-order valence-electron chi connectivity index (χ3n) is 2.54. The molecule has 4 nitrogen and oxygen atoms in total. The van der Waals surface area contributed by atoms with Gasteiger partial charge < -0.3 is 10.8 Å². The van der Waals surface area contributed by atoms with Crippen LogP contribution in [-0.4, -0.2) is 16.1 Å². The lowest BCUT2D eigenvalue weighted by molar-refractivity contribution is -0.136. The monoisotopic (exact) mass is 264 g/mol. The van der Waals surface area contributed by atoms with Crippen LogP contribution in [0.4, 0.5) is 14.5 Å². The lowest BCUT2D eigenvalue weighted by Gasteiger charge is -2.08. The average molecular weight is 264 g/mol. The van der Waals surface area contributed by atoms with Crippen LogP contribution >= 0.6 is 0 Å². The molecule has 0 aliphatic carbocycles. The van der Waals surface area contributed by atoms with E-state index in [1.807, 2.05) is 0 Å². The molecular weight excluding hydrogens is 254 g/mol. The topological polar surface area (TPSA) is 76.2 Å². The van der Waals surface area contributed by atoms with E-state index in [0.717, 1.165) is 6.07 Å². The molecule has 1 aromatic carbocycles. The molecule has 0 radical (unpaired) electrons. The van der Waals surface area contributed by atoms with Crippen LogP contribution in [0.15, 0.2) is 30.5 Å². The first-order valence-electron chi connectivity index (χ1n) is 5.39. The minimum absolute atomic E-state index is 0.0561. The number of aromatic nitrogens is 1. The Morgan fingerprint density at radius 2 is 2.11 bits per heavy atom. The van der Waals surface area contributed by atoms with E-state index in [1.165, 1.54) is 24.4 Å². The number of carbonyl (C=O) groups is 1. The largest absolute Gasteiger partial charge is 0.481 e. The molecule has 19 heavy (non-hydrogen) atoms. The molecule has 0 amide bonds. The van der Waals surface area contributed by atoms with Gasteiger partial charge in [0.05, 0.1) is 17.8 Å². The number of carboxylic acids is 1. The minimum atomic E-state index is -1.03. The number of carboxylic acid groups (broad SMARTS) is 1. The molecule has 0 fully saturated rings. The smallest absolute Gasteiger partial charge is 0.307 e. The van der Waals surface area contributed by atoms with Crippen LogP contribution < -0.4 is 5.73 Å². The summed E-state index contributed by atoms with van der Waals surface area (Å²) in [6.07, 6.45) is 1.05. The van der Waals surface area contributed by atoms with E-state index in [9.17, 15) is 13.6 Å². The zero-order valence-corrected chi connectivity index (χ0v) is 9.73. The lowest BCUT2D eigenvalue weighted by Crippen LogP contribution is -2.03. The molecule has 0 spiro atoms. The van der Waals surface area contributed by atoms with Gasteiger partial charge in [-0.05, 0) is 23.8 Å². The van der Waals surface area contributed by atoms with Gasteiger partial charge in [-0.15, -0.1) is 0 Å². The number of halogens is 2.